The van der Waals surface area contributed by atoms with E-state index in [4.69, 9.17) is 4.74 Å². The second-order valence-corrected chi connectivity index (χ2v) is 3.93. The zero-order valence-corrected chi connectivity index (χ0v) is 10.8. The van der Waals surface area contributed by atoms with Gasteiger partial charge in [-0.2, -0.15) is 0 Å². The fourth-order valence-corrected chi connectivity index (χ4v) is 1.37. The third-order valence-corrected chi connectivity index (χ3v) is 2.38. The Labute approximate surface area is 111 Å². The predicted molar refractivity (Wildman–Crippen MR) is 67.4 cm³/mol. The number of aliphatic hydroxyl groups excluding tert-OH is 1. The number of carbonyl (C=O) groups excluding carboxylic acids is 1. The van der Waals surface area contributed by atoms with Crippen LogP contribution in [-0.2, 0) is 9.53 Å². The number of benzene rings is 1. The van der Waals surface area contributed by atoms with Crippen LogP contribution in [0, 0.1) is 5.82 Å². The highest BCUT2D eigenvalue weighted by Gasteiger charge is 2.08. The minimum absolute atomic E-state index is 0.0217. The highest BCUT2D eigenvalue weighted by atomic mass is 19.1. The molecule has 1 rings (SSSR count). The van der Waals surface area contributed by atoms with Crippen molar-refractivity contribution in [3.63, 3.8) is 0 Å². The van der Waals surface area contributed by atoms with E-state index < -0.39 is 11.9 Å². The van der Waals surface area contributed by atoms with Gasteiger partial charge in [0.05, 0.1) is 13.5 Å². The summed E-state index contributed by atoms with van der Waals surface area (Å²) in [7, 11) is 1.32. The van der Waals surface area contributed by atoms with Crippen LogP contribution in [0.25, 0.3) is 0 Å². The zero-order valence-electron chi connectivity index (χ0n) is 10.8. The Morgan fingerprint density at radius 2 is 2.21 bits per heavy atom. The molecule has 0 aromatic heterocycles. The van der Waals surface area contributed by atoms with Crippen LogP contribution in [0.5, 0.6) is 5.75 Å². The molecular formula is C13H18FNO4. The van der Waals surface area contributed by atoms with Crippen LogP contribution in [0.2, 0.25) is 0 Å². The second-order valence-electron chi connectivity index (χ2n) is 3.93. The van der Waals surface area contributed by atoms with Gasteiger partial charge in [-0.05, 0) is 12.1 Å². The number of ether oxygens (including phenoxy) is 2. The molecule has 0 fully saturated rings. The van der Waals surface area contributed by atoms with E-state index in [0.29, 0.717) is 6.54 Å². The maximum atomic E-state index is 13.2. The van der Waals surface area contributed by atoms with Crippen LogP contribution >= 0.6 is 0 Å². The molecule has 5 nitrogen and oxygen atoms in total. The first-order chi connectivity index (χ1) is 9.13. The maximum absolute atomic E-state index is 13.2. The molecule has 0 aliphatic heterocycles. The van der Waals surface area contributed by atoms with Crippen LogP contribution in [-0.4, -0.2) is 44.0 Å². The average Bonchev–Trinajstić information content (AvgIpc) is 2.42. The van der Waals surface area contributed by atoms with E-state index in [9.17, 15) is 14.3 Å². The van der Waals surface area contributed by atoms with Gasteiger partial charge in [0.15, 0.2) is 11.6 Å². The summed E-state index contributed by atoms with van der Waals surface area (Å²) in [4.78, 5) is 10.8. The van der Waals surface area contributed by atoms with Gasteiger partial charge in [0, 0.05) is 13.1 Å². The molecule has 1 aromatic rings. The van der Waals surface area contributed by atoms with Crippen molar-refractivity contribution < 1.29 is 23.8 Å². The average molecular weight is 271 g/mol. The number of methoxy groups -OCH3 is 1. The highest BCUT2D eigenvalue weighted by Crippen LogP contribution is 2.15. The summed E-state index contributed by atoms with van der Waals surface area (Å²) in [6.07, 6.45) is -0.547. The Morgan fingerprint density at radius 3 is 2.89 bits per heavy atom. The quantitative estimate of drug-likeness (QED) is 0.538. The summed E-state index contributed by atoms with van der Waals surface area (Å²) in [5.74, 6) is -0.672. The number of rotatable bonds is 8. The highest BCUT2D eigenvalue weighted by molar-refractivity contribution is 5.69. The zero-order chi connectivity index (χ0) is 14.1. The molecule has 0 aliphatic rings. The molecule has 106 valence electrons. The van der Waals surface area contributed by atoms with Crippen LogP contribution in [0.15, 0.2) is 24.3 Å². The molecule has 0 heterocycles. The molecule has 0 saturated heterocycles. The van der Waals surface area contributed by atoms with Crippen LogP contribution in [0.4, 0.5) is 4.39 Å². The summed E-state index contributed by atoms with van der Waals surface area (Å²) < 4.78 is 22.8. The summed E-state index contributed by atoms with van der Waals surface area (Å²) in [5, 5.41) is 12.5. The fourth-order valence-electron chi connectivity index (χ4n) is 1.37. The summed E-state index contributed by atoms with van der Waals surface area (Å²) in [6.45, 7) is 0.640. The third-order valence-electron chi connectivity index (χ3n) is 2.38. The van der Waals surface area contributed by atoms with Crippen molar-refractivity contribution in [1.29, 1.82) is 0 Å². The molecule has 2 N–H and O–H groups in total. The van der Waals surface area contributed by atoms with Crippen molar-refractivity contribution in [2.45, 2.75) is 12.5 Å². The molecule has 0 spiro atoms. The maximum Gasteiger partial charge on any atom is 0.306 e. The van der Waals surface area contributed by atoms with E-state index in [2.05, 4.69) is 10.1 Å². The van der Waals surface area contributed by atoms with E-state index in [1.54, 1.807) is 12.1 Å². The van der Waals surface area contributed by atoms with Crippen molar-refractivity contribution in [3.05, 3.63) is 30.1 Å². The normalized spacial score (nSPS) is 11.9. The SMILES string of the molecule is COC(=O)CCNCC(O)COc1ccccc1F. The first-order valence-electron chi connectivity index (χ1n) is 5.96. The molecule has 1 atom stereocenters. The molecule has 1 unspecified atom stereocenters. The lowest BCUT2D eigenvalue weighted by Gasteiger charge is -2.13. The lowest BCUT2D eigenvalue weighted by molar-refractivity contribution is -0.140. The Kier molecular flexibility index (Phi) is 6.84. The van der Waals surface area contributed by atoms with Crippen molar-refractivity contribution in [2.24, 2.45) is 0 Å². The molecule has 6 heteroatoms. The van der Waals surface area contributed by atoms with E-state index in [-0.39, 0.29) is 31.3 Å². The first-order valence-corrected chi connectivity index (χ1v) is 5.96. The smallest absolute Gasteiger partial charge is 0.306 e. The summed E-state index contributed by atoms with van der Waals surface area (Å²) in [5.41, 5.74) is 0. The molecule has 0 radical (unpaired) electrons. The number of hydrogen-bond acceptors (Lipinski definition) is 5. The van der Waals surface area contributed by atoms with Gasteiger partial charge in [-0.3, -0.25) is 4.79 Å². The van der Waals surface area contributed by atoms with Gasteiger partial charge < -0.3 is 19.9 Å². The van der Waals surface area contributed by atoms with Crippen molar-refractivity contribution in [1.82, 2.24) is 5.32 Å². The van der Waals surface area contributed by atoms with Crippen LogP contribution in [0.1, 0.15) is 6.42 Å². The first kappa shape index (κ1) is 15.4. The lowest BCUT2D eigenvalue weighted by Crippen LogP contribution is -2.32. The largest absolute Gasteiger partial charge is 0.488 e. The van der Waals surface area contributed by atoms with Crippen molar-refractivity contribution in [3.8, 4) is 5.75 Å². The molecule has 19 heavy (non-hydrogen) atoms. The van der Waals surface area contributed by atoms with Gasteiger partial charge >= 0.3 is 5.97 Å². The Bertz CT molecular complexity index is 400. The minimum atomic E-state index is -0.780. The van der Waals surface area contributed by atoms with Gasteiger partial charge in [-0.15, -0.1) is 0 Å². The van der Waals surface area contributed by atoms with Crippen molar-refractivity contribution >= 4 is 5.97 Å². The monoisotopic (exact) mass is 271 g/mol. The standard InChI is InChI=1S/C13H18FNO4/c1-18-13(17)6-7-15-8-10(16)9-19-12-5-3-2-4-11(12)14/h2-5,10,15-16H,6-9H2,1H3. The fraction of sp³-hybridized carbons (Fsp3) is 0.462. The molecule has 1 aromatic carbocycles. The topological polar surface area (TPSA) is 67.8 Å². The molecular weight excluding hydrogens is 253 g/mol. The van der Waals surface area contributed by atoms with E-state index in [1.807, 2.05) is 0 Å². The van der Waals surface area contributed by atoms with Crippen molar-refractivity contribution in [2.75, 3.05) is 26.8 Å². The van der Waals surface area contributed by atoms with Gasteiger partial charge in [0.2, 0.25) is 0 Å². The van der Waals surface area contributed by atoms with Gasteiger partial charge in [-0.25, -0.2) is 4.39 Å². The van der Waals surface area contributed by atoms with Gasteiger partial charge in [0.1, 0.15) is 12.7 Å². The Balaban J connectivity index is 2.16. The van der Waals surface area contributed by atoms with E-state index in [0.717, 1.165) is 0 Å². The number of carbonyl (C=O) groups is 1. The number of esters is 1. The van der Waals surface area contributed by atoms with E-state index in [1.165, 1.54) is 19.2 Å². The van der Waals surface area contributed by atoms with Gasteiger partial charge in [-0.1, -0.05) is 12.1 Å². The van der Waals surface area contributed by atoms with Crippen LogP contribution < -0.4 is 10.1 Å². The number of hydrogen-bond donors (Lipinski definition) is 2. The third kappa shape index (κ3) is 6.17. The minimum Gasteiger partial charge on any atom is -0.488 e. The molecule has 0 aliphatic carbocycles. The number of para-hydroxylation sites is 1. The molecule has 0 amide bonds. The number of halogens is 1. The summed E-state index contributed by atoms with van der Waals surface area (Å²) >= 11 is 0. The van der Waals surface area contributed by atoms with Gasteiger partial charge in [0.25, 0.3) is 0 Å². The number of aliphatic hydroxyl groups is 1. The lowest BCUT2D eigenvalue weighted by atomic mass is 10.3. The summed E-state index contributed by atoms with van der Waals surface area (Å²) in [6, 6.07) is 6.00. The Morgan fingerprint density at radius 1 is 1.47 bits per heavy atom. The second kappa shape index (κ2) is 8.44. The Hall–Kier alpha value is -1.66. The van der Waals surface area contributed by atoms with E-state index >= 15 is 0 Å². The molecule has 0 saturated carbocycles. The predicted octanol–water partition coefficient (Wildman–Crippen LogP) is 0.718. The van der Waals surface area contributed by atoms with Crippen LogP contribution in [0.3, 0.4) is 0 Å². The number of nitrogens with one attached hydrogen (secondary N) is 1. The molecule has 0 bridgehead atoms.